The van der Waals surface area contributed by atoms with E-state index in [2.05, 4.69) is 5.32 Å². The SMILES string of the molecule is CC(C)(C)NC(=O)CCN(c1ccc(F)c(F)c1)S(C)(=O)=O. The van der Waals surface area contributed by atoms with Crippen molar-refractivity contribution in [3.05, 3.63) is 29.8 Å². The van der Waals surface area contributed by atoms with Crippen LogP contribution in [0.4, 0.5) is 14.5 Å². The van der Waals surface area contributed by atoms with Gasteiger partial charge in [-0.25, -0.2) is 17.2 Å². The number of nitrogens with zero attached hydrogens (tertiary/aromatic N) is 1. The van der Waals surface area contributed by atoms with E-state index in [-0.39, 0.29) is 24.6 Å². The Balaban J connectivity index is 2.92. The summed E-state index contributed by atoms with van der Waals surface area (Å²) in [5.74, 6) is -2.54. The minimum absolute atomic E-state index is 0.0232. The Labute approximate surface area is 129 Å². The highest BCUT2D eigenvalue weighted by Gasteiger charge is 2.21. The Bertz CT molecular complexity index is 655. The number of sulfonamides is 1. The number of hydrogen-bond acceptors (Lipinski definition) is 3. The fourth-order valence-corrected chi connectivity index (χ4v) is 2.73. The summed E-state index contributed by atoms with van der Waals surface area (Å²) in [6.07, 6.45) is 0.846. The van der Waals surface area contributed by atoms with Gasteiger partial charge in [0, 0.05) is 24.6 Å². The minimum Gasteiger partial charge on any atom is -0.351 e. The average molecular weight is 334 g/mol. The zero-order valence-corrected chi connectivity index (χ0v) is 13.8. The molecule has 0 atom stereocenters. The third kappa shape index (κ3) is 5.59. The molecule has 1 aromatic carbocycles. The van der Waals surface area contributed by atoms with E-state index in [1.165, 1.54) is 0 Å². The Morgan fingerprint density at radius 3 is 2.27 bits per heavy atom. The molecule has 0 bridgehead atoms. The van der Waals surface area contributed by atoms with Crippen molar-refractivity contribution in [3.63, 3.8) is 0 Å². The summed E-state index contributed by atoms with van der Waals surface area (Å²) in [4.78, 5) is 11.8. The third-order valence-electron chi connectivity index (χ3n) is 2.65. The smallest absolute Gasteiger partial charge is 0.232 e. The maximum Gasteiger partial charge on any atom is 0.232 e. The second kappa shape index (κ2) is 6.60. The first-order valence-corrected chi connectivity index (χ1v) is 8.49. The molecule has 0 aliphatic heterocycles. The van der Waals surface area contributed by atoms with Gasteiger partial charge in [-0.3, -0.25) is 9.10 Å². The van der Waals surface area contributed by atoms with Gasteiger partial charge in [0.25, 0.3) is 0 Å². The quantitative estimate of drug-likeness (QED) is 0.896. The molecule has 0 aromatic heterocycles. The maximum atomic E-state index is 13.3. The molecule has 0 saturated heterocycles. The molecule has 0 saturated carbocycles. The average Bonchev–Trinajstić information content (AvgIpc) is 2.29. The van der Waals surface area contributed by atoms with Crippen LogP contribution in [0.5, 0.6) is 0 Å². The van der Waals surface area contributed by atoms with Crippen LogP contribution in [0.2, 0.25) is 0 Å². The first kappa shape index (κ1) is 18.3. The van der Waals surface area contributed by atoms with Crippen molar-refractivity contribution >= 4 is 21.6 Å². The number of benzene rings is 1. The standard InChI is InChI=1S/C14H20F2N2O3S/c1-14(2,3)17-13(19)7-8-18(22(4,20)21)10-5-6-11(15)12(16)9-10/h5-6,9H,7-8H2,1-4H3,(H,17,19). The molecule has 0 heterocycles. The van der Waals surface area contributed by atoms with Crippen LogP contribution < -0.4 is 9.62 Å². The van der Waals surface area contributed by atoms with Gasteiger partial charge in [-0.05, 0) is 32.9 Å². The van der Waals surface area contributed by atoms with Crippen LogP contribution in [-0.4, -0.2) is 32.7 Å². The number of carbonyl (C=O) groups excluding carboxylic acids is 1. The molecule has 0 fully saturated rings. The summed E-state index contributed by atoms with van der Waals surface area (Å²) in [6.45, 7) is 5.24. The van der Waals surface area contributed by atoms with Gasteiger partial charge in [0.2, 0.25) is 15.9 Å². The summed E-state index contributed by atoms with van der Waals surface area (Å²) in [5, 5.41) is 2.70. The van der Waals surface area contributed by atoms with Crippen molar-refractivity contribution < 1.29 is 22.0 Å². The van der Waals surface area contributed by atoms with Crippen molar-refractivity contribution in [2.24, 2.45) is 0 Å². The molecule has 0 spiro atoms. The number of carbonyl (C=O) groups is 1. The van der Waals surface area contributed by atoms with Gasteiger partial charge in [0.1, 0.15) is 0 Å². The van der Waals surface area contributed by atoms with E-state index < -0.39 is 27.2 Å². The largest absolute Gasteiger partial charge is 0.351 e. The normalized spacial score (nSPS) is 12.1. The third-order valence-corrected chi connectivity index (χ3v) is 3.84. The van der Waals surface area contributed by atoms with Crippen molar-refractivity contribution in [1.29, 1.82) is 0 Å². The van der Waals surface area contributed by atoms with Gasteiger partial charge in [-0.15, -0.1) is 0 Å². The van der Waals surface area contributed by atoms with E-state index in [1.54, 1.807) is 20.8 Å². The lowest BCUT2D eigenvalue weighted by atomic mass is 10.1. The van der Waals surface area contributed by atoms with E-state index in [0.717, 1.165) is 28.8 Å². The van der Waals surface area contributed by atoms with Crippen LogP contribution >= 0.6 is 0 Å². The zero-order chi connectivity index (χ0) is 17.1. The van der Waals surface area contributed by atoms with E-state index in [4.69, 9.17) is 0 Å². The molecule has 1 amide bonds. The Morgan fingerprint density at radius 2 is 1.82 bits per heavy atom. The molecule has 0 aliphatic rings. The summed E-state index contributed by atoms with van der Waals surface area (Å²) >= 11 is 0. The first-order chi connectivity index (χ1) is 9.90. The van der Waals surface area contributed by atoms with Crippen molar-refractivity contribution in [3.8, 4) is 0 Å². The topological polar surface area (TPSA) is 66.5 Å². The number of hydrogen-bond donors (Lipinski definition) is 1. The van der Waals surface area contributed by atoms with Gasteiger partial charge < -0.3 is 5.32 Å². The lowest BCUT2D eigenvalue weighted by molar-refractivity contribution is -0.122. The van der Waals surface area contributed by atoms with E-state index in [0.29, 0.717) is 0 Å². The maximum absolute atomic E-state index is 13.3. The second-order valence-corrected chi connectivity index (χ2v) is 7.89. The fraction of sp³-hybridized carbons (Fsp3) is 0.500. The fourth-order valence-electron chi connectivity index (χ4n) is 1.81. The van der Waals surface area contributed by atoms with Gasteiger partial charge in [0.15, 0.2) is 11.6 Å². The number of amides is 1. The van der Waals surface area contributed by atoms with Crippen LogP contribution in [-0.2, 0) is 14.8 Å². The highest BCUT2D eigenvalue weighted by atomic mass is 32.2. The second-order valence-electron chi connectivity index (χ2n) is 5.98. The molecule has 124 valence electrons. The zero-order valence-electron chi connectivity index (χ0n) is 13.0. The Kier molecular flexibility index (Phi) is 5.50. The molecular formula is C14H20F2N2O3S. The van der Waals surface area contributed by atoms with Crippen LogP contribution in [0.3, 0.4) is 0 Å². The molecule has 0 aliphatic carbocycles. The summed E-state index contributed by atoms with van der Waals surface area (Å²) in [5.41, 5.74) is -0.459. The van der Waals surface area contributed by atoms with Gasteiger partial charge in [0.05, 0.1) is 11.9 Å². The van der Waals surface area contributed by atoms with Gasteiger partial charge in [-0.1, -0.05) is 0 Å². The van der Waals surface area contributed by atoms with E-state index in [9.17, 15) is 22.0 Å². The summed E-state index contributed by atoms with van der Waals surface area (Å²) < 4.78 is 50.7. The molecule has 8 heteroatoms. The van der Waals surface area contributed by atoms with E-state index >= 15 is 0 Å². The number of anilines is 1. The molecule has 1 aromatic rings. The van der Waals surface area contributed by atoms with Crippen molar-refractivity contribution in [2.45, 2.75) is 32.7 Å². The molecule has 1 N–H and O–H groups in total. The van der Waals surface area contributed by atoms with Crippen LogP contribution in [0.1, 0.15) is 27.2 Å². The summed E-state index contributed by atoms with van der Waals surface area (Å²) in [6, 6.07) is 2.79. The van der Waals surface area contributed by atoms with Crippen LogP contribution in [0, 0.1) is 11.6 Å². The van der Waals surface area contributed by atoms with Crippen molar-refractivity contribution in [2.75, 3.05) is 17.1 Å². The highest BCUT2D eigenvalue weighted by molar-refractivity contribution is 7.92. The van der Waals surface area contributed by atoms with E-state index in [1.807, 2.05) is 0 Å². The minimum atomic E-state index is -3.72. The van der Waals surface area contributed by atoms with Crippen LogP contribution in [0.25, 0.3) is 0 Å². The Hall–Kier alpha value is -1.70. The molecule has 0 radical (unpaired) electrons. The molecule has 1 rings (SSSR count). The predicted molar refractivity (Wildman–Crippen MR) is 81.1 cm³/mol. The highest BCUT2D eigenvalue weighted by Crippen LogP contribution is 2.20. The lowest BCUT2D eigenvalue weighted by Crippen LogP contribution is -2.42. The number of halogens is 2. The van der Waals surface area contributed by atoms with Crippen LogP contribution in [0.15, 0.2) is 18.2 Å². The van der Waals surface area contributed by atoms with Gasteiger partial charge >= 0.3 is 0 Å². The predicted octanol–water partition coefficient (Wildman–Crippen LogP) is 2.04. The molecular weight excluding hydrogens is 314 g/mol. The number of nitrogens with one attached hydrogen (secondary N) is 1. The summed E-state index contributed by atoms with van der Waals surface area (Å²) in [7, 11) is -3.72. The first-order valence-electron chi connectivity index (χ1n) is 6.64. The lowest BCUT2D eigenvalue weighted by Gasteiger charge is -2.24. The molecule has 5 nitrogen and oxygen atoms in total. The monoisotopic (exact) mass is 334 g/mol. The van der Waals surface area contributed by atoms with Crippen molar-refractivity contribution in [1.82, 2.24) is 5.32 Å². The molecule has 0 unspecified atom stereocenters. The Morgan fingerprint density at radius 1 is 1.23 bits per heavy atom. The van der Waals surface area contributed by atoms with Gasteiger partial charge in [-0.2, -0.15) is 0 Å². The number of rotatable bonds is 5. The molecule has 22 heavy (non-hydrogen) atoms.